The van der Waals surface area contributed by atoms with Gasteiger partial charge in [0.25, 0.3) is 5.12 Å². The molecule has 4 nitrogen and oxygen atoms in total. The average molecular weight is 282 g/mol. The Labute approximate surface area is 120 Å². The molecule has 0 N–H and O–H groups in total. The Morgan fingerprint density at radius 1 is 0.850 bits per heavy atom. The standard InChI is InChI=1S/C15H10N2O2S/c18-13-14(19)20-15(16-11-7-3-1-4-8-11)17(13)12-9-5-2-6-10-12/h1-10H. The first-order chi connectivity index (χ1) is 9.75. The van der Waals surface area contributed by atoms with Crippen molar-refractivity contribution in [2.75, 3.05) is 4.90 Å². The van der Waals surface area contributed by atoms with Crippen LogP contribution in [0.2, 0.25) is 0 Å². The minimum absolute atomic E-state index is 0.386. The number of para-hydroxylation sites is 2. The zero-order chi connectivity index (χ0) is 13.9. The third-order valence-corrected chi connectivity index (χ3v) is 3.56. The minimum Gasteiger partial charge on any atom is -0.275 e. The molecule has 1 saturated heterocycles. The molecule has 20 heavy (non-hydrogen) atoms. The van der Waals surface area contributed by atoms with Crippen LogP contribution in [0, 0.1) is 0 Å². The molecule has 0 atom stereocenters. The molecule has 1 amide bonds. The average Bonchev–Trinajstić information content (AvgIpc) is 2.76. The molecule has 0 saturated carbocycles. The van der Waals surface area contributed by atoms with Gasteiger partial charge in [-0.05, 0) is 36.0 Å². The highest BCUT2D eigenvalue weighted by Crippen LogP contribution is 2.29. The van der Waals surface area contributed by atoms with Crippen molar-refractivity contribution >= 4 is 39.3 Å². The second-order valence-corrected chi connectivity index (χ2v) is 5.04. The Morgan fingerprint density at radius 3 is 2.10 bits per heavy atom. The molecule has 0 aromatic heterocycles. The molecule has 2 aromatic rings. The van der Waals surface area contributed by atoms with E-state index in [0.29, 0.717) is 16.5 Å². The number of carbonyl (C=O) groups excluding carboxylic acids is 2. The van der Waals surface area contributed by atoms with Gasteiger partial charge in [0.05, 0.1) is 11.4 Å². The van der Waals surface area contributed by atoms with Crippen LogP contribution in [0.3, 0.4) is 0 Å². The summed E-state index contributed by atoms with van der Waals surface area (Å²) in [6.45, 7) is 0. The Hall–Kier alpha value is -2.40. The molecule has 0 bridgehead atoms. The van der Waals surface area contributed by atoms with E-state index in [1.165, 1.54) is 4.90 Å². The molecular weight excluding hydrogens is 272 g/mol. The second kappa shape index (κ2) is 5.30. The van der Waals surface area contributed by atoms with Crippen molar-refractivity contribution in [2.24, 2.45) is 4.99 Å². The molecule has 0 radical (unpaired) electrons. The fraction of sp³-hybridized carbons (Fsp3) is 0. The van der Waals surface area contributed by atoms with Crippen molar-refractivity contribution in [3.05, 3.63) is 60.7 Å². The SMILES string of the molecule is O=C1SC(=Nc2ccccc2)N(c2ccccc2)C1=O. The maximum atomic E-state index is 12.0. The number of thioether (sulfide) groups is 1. The predicted molar refractivity (Wildman–Crippen MR) is 80.1 cm³/mol. The first-order valence-corrected chi connectivity index (χ1v) is 6.82. The Morgan fingerprint density at radius 2 is 1.45 bits per heavy atom. The van der Waals surface area contributed by atoms with Crippen LogP contribution in [0.4, 0.5) is 11.4 Å². The van der Waals surface area contributed by atoms with E-state index >= 15 is 0 Å². The van der Waals surface area contributed by atoms with Crippen molar-refractivity contribution in [3.8, 4) is 0 Å². The number of benzene rings is 2. The molecule has 0 unspecified atom stereocenters. The van der Waals surface area contributed by atoms with Crippen LogP contribution >= 0.6 is 11.8 Å². The molecule has 1 heterocycles. The number of anilines is 1. The van der Waals surface area contributed by atoms with Gasteiger partial charge in [0.2, 0.25) is 0 Å². The highest BCUT2D eigenvalue weighted by atomic mass is 32.2. The molecule has 3 rings (SSSR count). The lowest BCUT2D eigenvalue weighted by Crippen LogP contribution is -2.30. The largest absolute Gasteiger partial charge is 0.312 e. The Kier molecular flexibility index (Phi) is 3.35. The number of aliphatic imine (C=N–C) groups is 1. The Balaban J connectivity index is 2.03. The minimum atomic E-state index is -0.559. The van der Waals surface area contributed by atoms with Crippen molar-refractivity contribution in [1.82, 2.24) is 0 Å². The summed E-state index contributed by atoms with van der Waals surface area (Å²) in [5.41, 5.74) is 1.35. The molecule has 1 fully saturated rings. The number of hydrogen-bond acceptors (Lipinski definition) is 4. The quantitative estimate of drug-likeness (QED) is 0.796. The van der Waals surface area contributed by atoms with Gasteiger partial charge in [-0.3, -0.25) is 14.5 Å². The van der Waals surface area contributed by atoms with Crippen LogP contribution in [0.15, 0.2) is 65.7 Å². The topological polar surface area (TPSA) is 49.7 Å². The zero-order valence-electron chi connectivity index (χ0n) is 10.4. The first-order valence-electron chi connectivity index (χ1n) is 6.01. The molecule has 0 spiro atoms. The van der Waals surface area contributed by atoms with Gasteiger partial charge in [-0.1, -0.05) is 36.4 Å². The van der Waals surface area contributed by atoms with Gasteiger partial charge >= 0.3 is 5.91 Å². The van der Waals surface area contributed by atoms with Gasteiger partial charge in [-0.25, -0.2) is 4.99 Å². The zero-order valence-corrected chi connectivity index (χ0v) is 11.2. The van der Waals surface area contributed by atoms with Gasteiger partial charge < -0.3 is 0 Å². The molecule has 2 aromatic carbocycles. The predicted octanol–water partition coefficient (Wildman–Crippen LogP) is 2.98. The summed E-state index contributed by atoms with van der Waals surface area (Å²) < 4.78 is 0. The van der Waals surface area contributed by atoms with Crippen molar-refractivity contribution < 1.29 is 9.59 Å². The third-order valence-electron chi connectivity index (χ3n) is 2.75. The molecule has 0 aliphatic carbocycles. The summed E-state index contributed by atoms with van der Waals surface area (Å²) in [4.78, 5) is 29.4. The number of nitrogens with zero attached hydrogens (tertiary/aromatic N) is 2. The van der Waals surface area contributed by atoms with E-state index in [2.05, 4.69) is 4.99 Å². The van der Waals surface area contributed by atoms with E-state index in [9.17, 15) is 9.59 Å². The highest BCUT2D eigenvalue weighted by molar-refractivity contribution is 8.29. The number of rotatable bonds is 2. The lowest BCUT2D eigenvalue weighted by Gasteiger charge is -2.14. The first kappa shape index (κ1) is 12.6. The highest BCUT2D eigenvalue weighted by Gasteiger charge is 2.37. The number of hydrogen-bond donors (Lipinski definition) is 0. The number of amides is 1. The smallest absolute Gasteiger partial charge is 0.275 e. The van der Waals surface area contributed by atoms with E-state index in [4.69, 9.17) is 0 Å². The van der Waals surface area contributed by atoms with E-state index in [1.54, 1.807) is 12.1 Å². The van der Waals surface area contributed by atoms with Crippen LogP contribution in [0.1, 0.15) is 0 Å². The van der Waals surface area contributed by atoms with Gasteiger partial charge in [0.1, 0.15) is 0 Å². The van der Waals surface area contributed by atoms with Crippen molar-refractivity contribution in [2.45, 2.75) is 0 Å². The van der Waals surface area contributed by atoms with E-state index < -0.39 is 11.0 Å². The van der Waals surface area contributed by atoms with Crippen LogP contribution in [0.25, 0.3) is 0 Å². The Bertz CT molecular complexity index is 684. The van der Waals surface area contributed by atoms with Crippen LogP contribution in [0.5, 0.6) is 0 Å². The maximum absolute atomic E-state index is 12.0. The van der Waals surface area contributed by atoms with Gasteiger partial charge in [-0.2, -0.15) is 0 Å². The van der Waals surface area contributed by atoms with Gasteiger partial charge in [0, 0.05) is 0 Å². The summed E-state index contributed by atoms with van der Waals surface area (Å²) in [6.07, 6.45) is 0. The van der Waals surface area contributed by atoms with Crippen molar-refractivity contribution in [3.63, 3.8) is 0 Å². The van der Waals surface area contributed by atoms with Gasteiger partial charge in [-0.15, -0.1) is 0 Å². The van der Waals surface area contributed by atoms with E-state index in [1.807, 2.05) is 48.5 Å². The van der Waals surface area contributed by atoms with Crippen molar-refractivity contribution in [1.29, 1.82) is 0 Å². The fourth-order valence-electron chi connectivity index (χ4n) is 1.84. The molecule has 1 aliphatic rings. The van der Waals surface area contributed by atoms with Crippen LogP contribution < -0.4 is 4.90 Å². The fourth-order valence-corrected chi connectivity index (χ4v) is 2.62. The summed E-state index contributed by atoms with van der Waals surface area (Å²) in [5, 5.41) is -0.124. The molecule has 5 heteroatoms. The molecule has 1 aliphatic heterocycles. The summed E-state index contributed by atoms with van der Waals surface area (Å²) in [6, 6.07) is 18.3. The summed E-state index contributed by atoms with van der Waals surface area (Å²) in [5.74, 6) is -0.559. The van der Waals surface area contributed by atoms with Crippen LogP contribution in [-0.2, 0) is 9.59 Å². The van der Waals surface area contributed by atoms with Gasteiger partial charge in [0.15, 0.2) is 5.17 Å². The second-order valence-electron chi connectivity index (χ2n) is 4.10. The lowest BCUT2D eigenvalue weighted by molar-refractivity contribution is -0.130. The van der Waals surface area contributed by atoms with E-state index in [0.717, 1.165) is 11.8 Å². The maximum Gasteiger partial charge on any atom is 0.312 e. The van der Waals surface area contributed by atoms with Crippen LogP contribution in [-0.4, -0.2) is 16.2 Å². The summed E-state index contributed by atoms with van der Waals surface area (Å²) in [7, 11) is 0. The van der Waals surface area contributed by atoms with E-state index in [-0.39, 0.29) is 0 Å². The molecular formula is C15H10N2O2S. The molecule has 98 valence electrons. The monoisotopic (exact) mass is 282 g/mol. The number of amidine groups is 1. The summed E-state index contributed by atoms with van der Waals surface area (Å²) >= 11 is 0.859. The lowest BCUT2D eigenvalue weighted by atomic mass is 10.3. The third kappa shape index (κ3) is 2.35. The number of carbonyl (C=O) groups is 2. The normalized spacial score (nSPS) is 17.0.